The molecular weight excluding hydrogens is 392 g/mol. The van der Waals surface area contributed by atoms with Gasteiger partial charge in [0.15, 0.2) is 5.76 Å². The minimum Gasteiger partial charge on any atom is -0.492 e. The van der Waals surface area contributed by atoms with Crippen molar-refractivity contribution in [3.63, 3.8) is 0 Å². The second kappa shape index (κ2) is 11.2. The molecule has 158 valence electrons. The van der Waals surface area contributed by atoms with Gasteiger partial charge in [0.1, 0.15) is 12.4 Å². The van der Waals surface area contributed by atoms with Crippen LogP contribution in [0.25, 0.3) is 11.3 Å². The predicted octanol–water partition coefficient (Wildman–Crippen LogP) is 5.68. The lowest BCUT2D eigenvalue weighted by Gasteiger charge is -2.14. The van der Waals surface area contributed by atoms with Gasteiger partial charge in [-0.2, -0.15) is 11.8 Å². The van der Waals surface area contributed by atoms with Gasteiger partial charge in [-0.25, -0.2) is 4.98 Å². The van der Waals surface area contributed by atoms with Crippen LogP contribution in [0.4, 0.5) is 0 Å². The summed E-state index contributed by atoms with van der Waals surface area (Å²) in [5.74, 6) is 4.44. The highest BCUT2D eigenvalue weighted by atomic mass is 32.2. The summed E-state index contributed by atoms with van der Waals surface area (Å²) in [5.41, 5.74) is 2.44. The molecule has 0 aliphatic carbocycles. The fourth-order valence-corrected chi connectivity index (χ4v) is 4.51. The fourth-order valence-electron chi connectivity index (χ4n) is 3.71. The van der Waals surface area contributed by atoms with Gasteiger partial charge in [-0.1, -0.05) is 30.3 Å². The monoisotopic (exact) mass is 422 g/mol. The average Bonchev–Trinajstić information content (AvgIpc) is 3.47. The van der Waals surface area contributed by atoms with E-state index in [-0.39, 0.29) is 0 Å². The van der Waals surface area contributed by atoms with Gasteiger partial charge in [0.25, 0.3) is 0 Å². The molecule has 0 atom stereocenters. The summed E-state index contributed by atoms with van der Waals surface area (Å²) in [4.78, 5) is 6.90. The Labute approximate surface area is 183 Å². The van der Waals surface area contributed by atoms with Crippen LogP contribution in [0.5, 0.6) is 5.75 Å². The van der Waals surface area contributed by atoms with Crippen molar-refractivity contribution in [1.82, 2.24) is 9.88 Å². The molecule has 1 aliphatic heterocycles. The molecule has 0 radical (unpaired) electrons. The SMILES string of the molecule is c1ccc(CCCSCc2ncc(-c3ccc(OCCN4CCCC4)cc3)o2)cc1. The van der Waals surface area contributed by atoms with Crippen LogP contribution in [0.2, 0.25) is 0 Å². The number of benzene rings is 2. The Hall–Kier alpha value is -2.24. The number of hydrogen-bond acceptors (Lipinski definition) is 5. The zero-order valence-electron chi connectivity index (χ0n) is 17.5. The number of hydrogen-bond donors (Lipinski definition) is 0. The summed E-state index contributed by atoms with van der Waals surface area (Å²) >= 11 is 1.88. The zero-order chi connectivity index (χ0) is 20.4. The Morgan fingerprint density at radius 3 is 2.60 bits per heavy atom. The van der Waals surface area contributed by atoms with Crippen molar-refractivity contribution in [3.05, 3.63) is 72.2 Å². The van der Waals surface area contributed by atoms with Crippen molar-refractivity contribution in [1.29, 1.82) is 0 Å². The Bertz CT molecular complexity index is 874. The minimum absolute atomic E-state index is 0.743. The second-order valence-electron chi connectivity index (χ2n) is 7.68. The molecule has 0 amide bonds. The lowest BCUT2D eigenvalue weighted by molar-refractivity contribution is 0.238. The summed E-state index contributed by atoms with van der Waals surface area (Å²) < 4.78 is 11.8. The molecule has 0 bridgehead atoms. The van der Waals surface area contributed by atoms with Crippen LogP contribution in [-0.2, 0) is 12.2 Å². The fraction of sp³-hybridized carbons (Fsp3) is 0.400. The van der Waals surface area contributed by atoms with Gasteiger partial charge in [-0.05, 0) is 74.4 Å². The Balaban J connectivity index is 1.17. The number of nitrogens with zero attached hydrogens (tertiary/aromatic N) is 2. The molecule has 1 aliphatic rings. The summed E-state index contributed by atoms with van der Waals surface area (Å²) in [7, 11) is 0. The van der Waals surface area contributed by atoms with Gasteiger partial charge in [-0.3, -0.25) is 4.90 Å². The summed E-state index contributed by atoms with van der Waals surface area (Å²) in [5, 5.41) is 0. The van der Waals surface area contributed by atoms with Crippen molar-refractivity contribution < 1.29 is 9.15 Å². The smallest absolute Gasteiger partial charge is 0.204 e. The summed E-state index contributed by atoms with van der Waals surface area (Å²) in [6.45, 7) is 4.17. The molecule has 30 heavy (non-hydrogen) atoms. The third-order valence-electron chi connectivity index (χ3n) is 5.39. The molecule has 0 spiro atoms. The molecule has 3 aromatic rings. The van der Waals surface area contributed by atoms with Crippen LogP contribution in [0, 0.1) is 0 Å². The molecule has 0 unspecified atom stereocenters. The number of oxazole rings is 1. The van der Waals surface area contributed by atoms with Crippen LogP contribution in [0.3, 0.4) is 0 Å². The molecule has 2 heterocycles. The number of likely N-dealkylation sites (tertiary alicyclic amines) is 1. The molecular formula is C25H30N2O2S. The van der Waals surface area contributed by atoms with E-state index in [0.717, 1.165) is 54.0 Å². The number of aromatic nitrogens is 1. The van der Waals surface area contributed by atoms with Crippen molar-refractivity contribution in [2.75, 3.05) is 32.0 Å². The van der Waals surface area contributed by atoms with Crippen molar-refractivity contribution in [3.8, 4) is 17.1 Å². The number of ether oxygens (including phenoxy) is 1. The topological polar surface area (TPSA) is 38.5 Å². The maximum Gasteiger partial charge on any atom is 0.204 e. The van der Waals surface area contributed by atoms with Gasteiger partial charge in [0.2, 0.25) is 5.89 Å². The number of thioether (sulfide) groups is 1. The van der Waals surface area contributed by atoms with E-state index >= 15 is 0 Å². The largest absolute Gasteiger partial charge is 0.492 e. The standard InChI is InChI=1S/C25H30N2O2S/c1-2-7-21(8-3-1)9-6-18-30-20-25-26-19-24(29-25)22-10-12-23(13-11-22)28-17-16-27-14-4-5-15-27/h1-3,7-8,10-13,19H,4-6,9,14-18,20H2. The summed E-state index contributed by atoms with van der Waals surface area (Å²) in [6.07, 6.45) is 6.75. The van der Waals surface area contributed by atoms with E-state index in [9.17, 15) is 0 Å². The predicted molar refractivity (Wildman–Crippen MR) is 124 cm³/mol. The molecule has 2 aromatic carbocycles. The van der Waals surface area contributed by atoms with Gasteiger partial charge < -0.3 is 9.15 Å². The first-order valence-electron chi connectivity index (χ1n) is 10.9. The van der Waals surface area contributed by atoms with E-state index < -0.39 is 0 Å². The van der Waals surface area contributed by atoms with E-state index in [1.165, 1.54) is 37.9 Å². The van der Waals surface area contributed by atoms with Crippen LogP contribution in [-0.4, -0.2) is 41.9 Å². The molecule has 4 nitrogen and oxygen atoms in total. The quantitative estimate of drug-likeness (QED) is 0.372. The highest BCUT2D eigenvalue weighted by Crippen LogP contribution is 2.25. The molecule has 5 heteroatoms. The lowest BCUT2D eigenvalue weighted by Crippen LogP contribution is -2.25. The third-order valence-corrected chi connectivity index (χ3v) is 6.42. The molecule has 0 N–H and O–H groups in total. The molecule has 1 aromatic heterocycles. The second-order valence-corrected chi connectivity index (χ2v) is 8.79. The Kier molecular flexibility index (Phi) is 7.87. The van der Waals surface area contributed by atoms with Crippen LogP contribution < -0.4 is 4.74 Å². The maximum atomic E-state index is 5.94. The van der Waals surface area contributed by atoms with E-state index in [1.54, 1.807) is 0 Å². The third kappa shape index (κ3) is 6.38. The van der Waals surface area contributed by atoms with E-state index in [1.807, 2.05) is 42.2 Å². The molecule has 1 saturated heterocycles. The summed E-state index contributed by atoms with van der Waals surface area (Å²) in [6, 6.07) is 18.8. The number of aryl methyl sites for hydroxylation is 1. The molecule has 4 rings (SSSR count). The normalized spacial score (nSPS) is 14.3. The first-order valence-corrected chi connectivity index (χ1v) is 12.0. The Morgan fingerprint density at radius 1 is 1.00 bits per heavy atom. The van der Waals surface area contributed by atoms with Crippen molar-refractivity contribution in [2.45, 2.75) is 31.4 Å². The van der Waals surface area contributed by atoms with Gasteiger partial charge in [0, 0.05) is 12.1 Å². The first-order chi connectivity index (χ1) is 14.9. The average molecular weight is 423 g/mol. The van der Waals surface area contributed by atoms with Crippen molar-refractivity contribution >= 4 is 11.8 Å². The Morgan fingerprint density at radius 2 is 1.80 bits per heavy atom. The van der Waals surface area contributed by atoms with Gasteiger partial charge in [-0.15, -0.1) is 0 Å². The van der Waals surface area contributed by atoms with E-state index in [4.69, 9.17) is 9.15 Å². The van der Waals surface area contributed by atoms with Crippen molar-refractivity contribution in [2.24, 2.45) is 0 Å². The van der Waals surface area contributed by atoms with Crippen LogP contribution in [0.15, 0.2) is 65.2 Å². The van der Waals surface area contributed by atoms with Gasteiger partial charge >= 0.3 is 0 Å². The minimum atomic E-state index is 0.743. The first kappa shape index (κ1) is 21.0. The number of rotatable bonds is 11. The highest BCUT2D eigenvalue weighted by molar-refractivity contribution is 7.98. The van der Waals surface area contributed by atoms with E-state index in [0.29, 0.717) is 0 Å². The maximum absolute atomic E-state index is 5.94. The molecule has 1 fully saturated rings. The van der Waals surface area contributed by atoms with Gasteiger partial charge in [0.05, 0.1) is 11.9 Å². The van der Waals surface area contributed by atoms with Crippen LogP contribution >= 0.6 is 11.8 Å². The highest BCUT2D eigenvalue weighted by Gasteiger charge is 2.11. The molecule has 0 saturated carbocycles. The zero-order valence-corrected chi connectivity index (χ0v) is 18.3. The van der Waals surface area contributed by atoms with Crippen LogP contribution in [0.1, 0.15) is 30.7 Å². The van der Waals surface area contributed by atoms with E-state index in [2.05, 4.69) is 40.2 Å². The lowest BCUT2D eigenvalue weighted by atomic mass is 10.1.